The Hall–Kier alpha value is -2.63. The number of fused-ring (bicyclic) bond motifs is 1. The lowest BCUT2D eigenvalue weighted by molar-refractivity contribution is -0.127. The monoisotopic (exact) mass is 298 g/mol. The van der Waals surface area contributed by atoms with E-state index in [-0.39, 0.29) is 18.2 Å². The van der Waals surface area contributed by atoms with Crippen molar-refractivity contribution in [3.8, 4) is 0 Å². The number of aromatic nitrogens is 2. The van der Waals surface area contributed by atoms with Crippen LogP contribution < -0.4 is 10.2 Å². The van der Waals surface area contributed by atoms with E-state index < -0.39 is 5.92 Å². The molecule has 1 aliphatic rings. The Morgan fingerprint density at radius 2 is 2.14 bits per heavy atom. The lowest BCUT2D eigenvalue weighted by atomic mass is 9.89. The van der Waals surface area contributed by atoms with E-state index >= 15 is 0 Å². The number of benzene rings is 1. The summed E-state index contributed by atoms with van der Waals surface area (Å²) in [7, 11) is 3.62. The Bertz CT molecular complexity index is 722. The average Bonchev–Trinajstić information content (AvgIpc) is 2.94. The van der Waals surface area contributed by atoms with Crippen LogP contribution in [0, 0.1) is 0 Å². The number of hydrogen-bond acceptors (Lipinski definition) is 3. The van der Waals surface area contributed by atoms with Crippen LogP contribution in [0.15, 0.2) is 36.8 Å². The molecule has 114 valence electrons. The van der Waals surface area contributed by atoms with Gasteiger partial charge >= 0.3 is 0 Å². The van der Waals surface area contributed by atoms with Gasteiger partial charge in [0.2, 0.25) is 11.8 Å². The summed E-state index contributed by atoms with van der Waals surface area (Å²) in [6, 6.07) is 7.54. The van der Waals surface area contributed by atoms with Gasteiger partial charge in [0.05, 0.1) is 24.5 Å². The Morgan fingerprint density at radius 3 is 2.86 bits per heavy atom. The third-order valence-corrected chi connectivity index (χ3v) is 4.10. The summed E-state index contributed by atoms with van der Waals surface area (Å²) in [6.07, 6.45) is 3.61. The molecule has 3 rings (SSSR count). The molecular formula is C16H18N4O2. The van der Waals surface area contributed by atoms with Gasteiger partial charge in [-0.25, -0.2) is 4.98 Å². The van der Waals surface area contributed by atoms with Crippen molar-refractivity contribution in [2.24, 2.45) is 7.05 Å². The zero-order chi connectivity index (χ0) is 15.7. The standard InChI is InChI=1S/C16H18N4O2/c1-19-10-17-8-11(19)9-18-16(22)13-7-15(21)20(2)14-6-4-3-5-12(13)14/h3-6,8,10,13H,7,9H2,1-2H3,(H,18,22). The van der Waals surface area contributed by atoms with Gasteiger partial charge < -0.3 is 14.8 Å². The molecule has 2 aromatic rings. The first-order chi connectivity index (χ1) is 10.6. The topological polar surface area (TPSA) is 67.2 Å². The highest BCUT2D eigenvalue weighted by Crippen LogP contribution is 2.35. The summed E-state index contributed by atoms with van der Waals surface area (Å²) in [6.45, 7) is 0.401. The average molecular weight is 298 g/mol. The zero-order valence-electron chi connectivity index (χ0n) is 12.6. The van der Waals surface area contributed by atoms with Crippen molar-refractivity contribution in [1.82, 2.24) is 14.9 Å². The Morgan fingerprint density at radius 1 is 1.36 bits per heavy atom. The second-order valence-corrected chi connectivity index (χ2v) is 5.48. The van der Waals surface area contributed by atoms with Crippen molar-refractivity contribution in [3.05, 3.63) is 48.0 Å². The second-order valence-electron chi connectivity index (χ2n) is 5.48. The zero-order valence-corrected chi connectivity index (χ0v) is 12.6. The lowest BCUT2D eigenvalue weighted by Crippen LogP contribution is -2.39. The number of imidazole rings is 1. The van der Waals surface area contributed by atoms with Crippen molar-refractivity contribution in [1.29, 1.82) is 0 Å². The van der Waals surface area contributed by atoms with Gasteiger partial charge in [0.1, 0.15) is 0 Å². The quantitative estimate of drug-likeness (QED) is 0.925. The summed E-state index contributed by atoms with van der Waals surface area (Å²) >= 11 is 0. The summed E-state index contributed by atoms with van der Waals surface area (Å²) < 4.78 is 1.86. The lowest BCUT2D eigenvalue weighted by Gasteiger charge is -2.30. The number of carbonyl (C=O) groups is 2. The molecule has 0 bridgehead atoms. The molecule has 0 saturated carbocycles. The Balaban J connectivity index is 1.79. The van der Waals surface area contributed by atoms with Gasteiger partial charge in [0, 0.05) is 32.4 Å². The molecule has 1 unspecified atom stereocenters. The highest BCUT2D eigenvalue weighted by Gasteiger charge is 2.33. The third-order valence-electron chi connectivity index (χ3n) is 4.10. The molecule has 6 heteroatoms. The molecule has 0 fully saturated rings. The van der Waals surface area contributed by atoms with Crippen LogP contribution in [0.25, 0.3) is 0 Å². The number of para-hydroxylation sites is 1. The van der Waals surface area contributed by atoms with Crippen LogP contribution in [0.1, 0.15) is 23.6 Å². The SMILES string of the molecule is CN1C(=O)CC(C(=O)NCc2cncn2C)c2ccccc21. The van der Waals surface area contributed by atoms with Crippen LogP contribution in [0.3, 0.4) is 0 Å². The van der Waals surface area contributed by atoms with Crippen LogP contribution in [0.2, 0.25) is 0 Å². The van der Waals surface area contributed by atoms with E-state index in [9.17, 15) is 9.59 Å². The van der Waals surface area contributed by atoms with Crippen LogP contribution in [-0.2, 0) is 23.2 Å². The van der Waals surface area contributed by atoms with E-state index in [1.165, 1.54) is 0 Å². The van der Waals surface area contributed by atoms with E-state index in [0.29, 0.717) is 6.54 Å². The molecule has 0 saturated heterocycles. The highest BCUT2D eigenvalue weighted by atomic mass is 16.2. The maximum atomic E-state index is 12.5. The van der Waals surface area contributed by atoms with E-state index in [2.05, 4.69) is 10.3 Å². The molecule has 1 aliphatic heterocycles. The second kappa shape index (κ2) is 5.63. The number of aryl methyl sites for hydroxylation is 1. The first-order valence-corrected chi connectivity index (χ1v) is 7.16. The van der Waals surface area contributed by atoms with Gasteiger partial charge in [-0.15, -0.1) is 0 Å². The van der Waals surface area contributed by atoms with Gasteiger partial charge in [-0.3, -0.25) is 9.59 Å². The first kappa shape index (κ1) is 14.3. The molecule has 0 aliphatic carbocycles. The molecule has 2 amide bonds. The fourth-order valence-electron chi connectivity index (χ4n) is 2.73. The van der Waals surface area contributed by atoms with E-state index in [4.69, 9.17) is 0 Å². The molecule has 22 heavy (non-hydrogen) atoms. The minimum atomic E-state index is -0.437. The highest BCUT2D eigenvalue weighted by molar-refractivity contribution is 6.02. The molecule has 0 spiro atoms. The van der Waals surface area contributed by atoms with Crippen molar-refractivity contribution in [2.45, 2.75) is 18.9 Å². The summed E-state index contributed by atoms with van der Waals surface area (Å²) in [5.41, 5.74) is 2.62. The predicted molar refractivity (Wildman–Crippen MR) is 82.3 cm³/mol. The third kappa shape index (κ3) is 2.47. The summed E-state index contributed by atoms with van der Waals surface area (Å²) in [5.74, 6) is -0.609. The Kier molecular flexibility index (Phi) is 3.66. The van der Waals surface area contributed by atoms with Crippen LogP contribution in [0.4, 0.5) is 5.69 Å². The number of amides is 2. The molecule has 1 atom stereocenters. The first-order valence-electron chi connectivity index (χ1n) is 7.16. The number of nitrogens with one attached hydrogen (secondary N) is 1. The van der Waals surface area contributed by atoms with Crippen molar-refractivity contribution in [2.75, 3.05) is 11.9 Å². The smallest absolute Gasteiger partial charge is 0.228 e. The normalized spacial score (nSPS) is 17.3. The molecule has 0 radical (unpaired) electrons. The number of hydrogen-bond donors (Lipinski definition) is 1. The van der Waals surface area contributed by atoms with Gasteiger partial charge in [0.15, 0.2) is 0 Å². The van der Waals surface area contributed by atoms with Gasteiger partial charge in [-0.2, -0.15) is 0 Å². The summed E-state index contributed by atoms with van der Waals surface area (Å²) in [4.78, 5) is 30.2. The van der Waals surface area contributed by atoms with Gasteiger partial charge in [-0.1, -0.05) is 18.2 Å². The van der Waals surface area contributed by atoms with Crippen molar-refractivity contribution < 1.29 is 9.59 Å². The predicted octanol–water partition coefficient (Wildman–Crippen LogP) is 1.19. The van der Waals surface area contributed by atoms with E-state index in [1.807, 2.05) is 35.9 Å². The fraction of sp³-hybridized carbons (Fsp3) is 0.312. The van der Waals surface area contributed by atoms with Gasteiger partial charge in [-0.05, 0) is 11.6 Å². The molecule has 1 N–H and O–H groups in total. The molecule has 2 heterocycles. The fourth-order valence-corrected chi connectivity index (χ4v) is 2.73. The van der Waals surface area contributed by atoms with Crippen LogP contribution >= 0.6 is 0 Å². The van der Waals surface area contributed by atoms with Crippen LogP contribution in [0.5, 0.6) is 0 Å². The Labute approximate surface area is 128 Å². The number of carbonyl (C=O) groups excluding carboxylic acids is 2. The molecular weight excluding hydrogens is 280 g/mol. The largest absolute Gasteiger partial charge is 0.350 e. The van der Waals surface area contributed by atoms with Crippen LogP contribution in [-0.4, -0.2) is 28.4 Å². The van der Waals surface area contributed by atoms with E-state index in [1.54, 1.807) is 24.5 Å². The van der Waals surface area contributed by atoms with Crippen molar-refractivity contribution >= 4 is 17.5 Å². The number of anilines is 1. The number of nitrogens with zero attached hydrogens (tertiary/aromatic N) is 3. The van der Waals surface area contributed by atoms with E-state index in [0.717, 1.165) is 16.9 Å². The molecule has 6 nitrogen and oxygen atoms in total. The molecule has 1 aromatic heterocycles. The maximum Gasteiger partial charge on any atom is 0.228 e. The van der Waals surface area contributed by atoms with Gasteiger partial charge in [0.25, 0.3) is 0 Å². The maximum absolute atomic E-state index is 12.5. The minimum absolute atomic E-state index is 0.0422. The number of rotatable bonds is 3. The molecule has 1 aromatic carbocycles. The minimum Gasteiger partial charge on any atom is -0.350 e. The van der Waals surface area contributed by atoms with Crippen molar-refractivity contribution in [3.63, 3.8) is 0 Å². The summed E-state index contributed by atoms with van der Waals surface area (Å²) in [5, 5.41) is 2.90.